The largest absolute Gasteiger partial charge is 0.359 e. The van der Waals surface area contributed by atoms with Gasteiger partial charge in [0.25, 0.3) is 0 Å². The molecule has 4 nitrogen and oxygen atoms in total. The van der Waals surface area contributed by atoms with Crippen molar-refractivity contribution in [2.45, 2.75) is 52.1 Å². The van der Waals surface area contributed by atoms with Crippen LogP contribution >= 0.6 is 0 Å². The molecule has 0 unspecified atom stereocenters. The Kier molecular flexibility index (Phi) is 4.53. The Morgan fingerprint density at radius 1 is 1.44 bits per heavy atom. The molecule has 18 heavy (non-hydrogen) atoms. The summed E-state index contributed by atoms with van der Waals surface area (Å²) in [4.78, 5) is 11.2. The molecule has 1 aliphatic carbocycles. The first-order chi connectivity index (χ1) is 8.70. The van der Waals surface area contributed by atoms with Crippen LogP contribution in [0, 0.1) is 6.92 Å². The van der Waals surface area contributed by atoms with Crippen LogP contribution in [-0.2, 0) is 6.54 Å². The van der Waals surface area contributed by atoms with Crippen LogP contribution in [-0.4, -0.2) is 29.6 Å². The zero-order chi connectivity index (χ0) is 13.0. The predicted octanol–water partition coefficient (Wildman–Crippen LogP) is 2.27. The average molecular weight is 248 g/mol. The third kappa shape index (κ3) is 3.67. The monoisotopic (exact) mass is 248 g/mol. The molecule has 100 valence electrons. The zero-order valence-corrected chi connectivity index (χ0v) is 11.7. The molecule has 0 aliphatic heterocycles. The van der Waals surface area contributed by atoms with Gasteiger partial charge in [-0.3, -0.25) is 0 Å². The lowest BCUT2D eigenvalue weighted by atomic mass is 10.2. The van der Waals surface area contributed by atoms with Crippen LogP contribution in [0.4, 0.5) is 5.82 Å². The quantitative estimate of drug-likeness (QED) is 0.803. The number of aryl methyl sites for hydroxylation is 1. The molecule has 1 saturated carbocycles. The Hall–Kier alpha value is -1.16. The molecule has 0 spiro atoms. The first-order valence-corrected chi connectivity index (χ1v) is 6.97. The molecule has 4 heteroatoms. The maximum absolute atomic E-state index is 4.60. The van der Waals surface area contributed by atoms with Gasteiger partial charge in [-0.2, -0.15) is 0 Å². The summed E-state index contributed by atoms with van der Waals surface area (Å²) in [5.74, 6) is 1.94. The van der Waals surface area contributed by atoms with Crippen molar-refractivity contribution in [1.29, 1.82) is 0 Å². The highest BCUT2D eigenvalue weighted by atomic mass is 15.2. The van der Waals surface area contributed by atoms with Crippen LogP contribution in [0.3, 0.4) is 0 Å². The Bertz CT molecular complexity index is 387. The standard InChI is InChI=1S/C14H24N4/c1-4-5-8-18(3)14-12(9-15-11(2)17-14)10-16-13-6-7-13/h9,13,16H,4-8,10H2,1-3H3. The molecule has 0 bridgehead atoms. The van der Waals surface area contributed by atoms with E-state index < -0.39 is 0 Å². The Labute approximate surface area is 110 Å². The molecule has 1 aromatic heterocycles. The average Bonchev–Trinajstić information content (AvgIpc) is 3.18. The van der Waals surface area contributed by atoms with E-state index in [1.54, 1.807) is 0 Å². The van der Waals surface area contributed by atoms with Gasteiger partial charge in [0.15, 0.2) is 0 Å². The van der Waals surface area contributed by atoms with Crippen LogP contribution in [0.2, 0.25) is 0 Å². The van der Waals surface area contributed by atoms with E-state index in [4.69, 9.17) is 0 Å². The highest BCUT2D eigenvalue weighted by Crippen LogP contribution is 2.21. The summed E-state index contributed by atoms with van der Waals surface area (Å²) in [6.07, 6.45) is 7.01. The van der Waals surface area contributed by atoms with Crippen molar-refractivity contribution in [2.24, 2.45) is 0 Å². The van der Waals surface area contributed by atoms with E-state index in [0.29, 0.717) is 0 Å². The predicted molar refractivity (Wildman–Crippen MR) is 74.8 cm³/mol. The molecule has 1 N–H and O–H groups in total. The number of nitrogens with one attached hydrogen (secondary N) is 1. The van der Waals surface area contributed by atoms with E-state index in [-0.39, 0.29) is 0 Å². The van der Waals surface area contributed by atoms with Crippen molar-refractivity contribution in [3.63, 3.8) is 0 Å². The van der Waals surface area contributed by atoms with Crippen molar-refractivity contribution in [1.82, 2.24) is 15.3 Å². The molecule has 2 rings (SSSR count). The van der Waals surface area contributed by atoms with E-state index in [9.17, 15) is 0 Å². The summed E-state index contributed by atoms with van der Waals surface area (Å²) in [6.45, 7) is 6.12. The van der Waals surface area contributed by atoms with Gasteiger partial charge in [-0.1, -0.05) is 13.3 Å². The summed E-state index contributed by atoms with van der Waals surface area (Å²) in [5.41, 5.74) is 1.21. The van der Waals surface area contributed by atoms with Crippen LogP contribution in [0.1, 0.15) is 44.0 Å². The molecule has 0 saturated heterocycles. The Morgan fingerprint density at radius 3 is 2.89 bits per heavy atom. The van der Waals surface area contributed by atoms with Gasteiger partial charge in [0.1, 0.15) is 11.6 Å². The van der Waals surface area contributed by atoms with Crippen molar-refractivity contribution < 1.29 is 0 Å². The maximum atomic E-state index is 4.60. The van der Waals surface area contributed by atoms with Crippen LogP contribution in [0.25, 0.3) is 0 Å². The van der Waals surface area contributed by atoms with Gasteiger partial charge >= 0.3 is 0 Å². The fraction of sp³-hybridized carbons (Fsp3) is 0.714. The van der Waals surface area contributed by atoms with Crippen LogP contribution < -0.4 is 10.2 Å². The zero-order valence-electron chi connectivity index (χ0n) is 11.7. The maximum Gasteiger partial charge on any atom is 0.136 e. The summed E-state index contributed by atoms with van der Waals surface area (Å²) in [5, 5.41) is 3.54. The third-order valence-corrected chi connectivity index (χ3v) is 3.33. The molecule has 1 aliphatic rings. The third-order valence-electron chi connectivity index (χ3n) is 3.33. The van der Waals surface area contributed by atoms with Gasteiger partial charge in [0, 0.05) is 37.9 Å². The van der Waals surface area contributed by atoms with Crippen molar-refractivity contribution >= 4 is 5.82 Å². The molecular formula is C14H24N4. The fourth-order valence-corrected chi connectivity index (χ4v) is 1.98. The highest BCUT2D eigenvalue weighted by Gasteiger charge is 2.21. The summed E-state index contributed by atoms with van der Waals surface area (Å²) in [6, 6.07) is 0.722. The molecule has 0 amide bonds. The lowest BCUT2D eigenvalue weighted by Gasteiger charge is -2.21. The molecule has 1 heterocycles. The van der Waals surface area contributed by atoms with Gasteiger partial charge in [-0.05, 0) is 26.2 Å². The molecular weight excluding hydrogens is 224 g/mol. The van der Waals surface area contributed by atoms with Crippen molar-refractivity contribution in [3.8, 4) is 0 Å². The van der Waals surface area contributed by atoms with E-state index in [1.807, 2.05) is 13.1 Å². The topological polar surface area (TPSA) is 41.1 Å². The minimum absolute atomic E-state index is 0.722. The lowest BCUT2D eigenvalue weighted by molar-refractivity contribution is 0.675. The van der Waals surface area contributed by atoms with Gasteiger partial charge in [-0.15, -0.1) is 0 Å². The summed E-state index contributed by atoms with van der Waals surface area (Å²) in [7, 11) is 2.12. The van der Waals surface area contributed by atoms with Crippen molar-refractivity contribution in [2.75, 3.05) is 18.5 Å². The second kappa shape index (κ2) is 6.14. The first-order valence-electron chi connectivity index (χ1n) is 6.97. The van der Waals surface area contributed by atoms with E-state index in [2.05, 4.69) is 34.2 Å². The normalized spacial score (nSPS) is 14.8. The fourth-order valence-electron chi connectivity index (χ4n) is 1.98. The Balaban J connectivity index is 2.05. The molecule has 0 radical (unpaired) electrons. The summed E-state index contributed by atoms with van der Waals surface area (Å²) >= 11 is 0. The minimum atomic E-state index is 0.722. The highest BCUT2D eigenvalue weighted by molar-refractivity contribution is 5.45. The number of hydrogen-bond acceptors (Lipinski definition) is 4. The van der Waals surface area contributed by atoms with Crippen molar-refractivity contribution in [3.05, 3.63) is 17.6 Å². The minimum Gasteiger partial charge on any atom is -0.359 e. The van der Waals surface area contributed by atoms with Gasteiger partial charge in [0.05, 0.1) is 0 Å². The van der Waals surface area contributed by atoms with E-state index in [1.165, 1.54) is 31.2 Å². The second-order valence-corrected chi connectivity index (χ2v) is 5.20. The van der Waals surface area contributed by atoms with Crippen LogP contribution in [0.5, 0.6) is 0 Å². The Morgan fingerprint density at radius 2 is 2.22 bits per heavy atom. The summed E-state index contributed by atoms with van der Waals surface area (Å²) < 4.78 is 0. The number of nitrogens with zero attached hydrogens (tertiary/aromatic N) is 3. The van der Waals surface area contributed by atoms with Gasteiger partial charge in [0.2, 0.25) is 0 Å². The van der Waals surface area contributed by atoms with Gasteiger partial charge < -0.3 is 10.2 Å². The number of unbranched alkanes of at least 4 members (excludes halogenated alkanes) is 1. The lowest BCUT2D eigenvalue weighted by Crippen LogP contribution is -2.24. The van der Waals surface area contributed by atoms with E-state index >= 15 is 0 Å². The first kappa shape index (κ1) is 13.3. The number of hydrogen-bond donors (Lipinski definition) is 1. The molecule has 1 aromatic rings. The smallest absolute Gasteiger partial charge is 0.136 e. The molecule has 0 atom stereocenters. The number of aromatic nitrogens is 2. The van der Waals surface area contributed by atoms with E-state index in [0.717, 1.165) is 30.8 Å². The van der Waals surface area contributed by atoms with Crippen LogP contribution in [0.15, 0.2) is 6.20 Å². The number of anilines is 1. The van der Waals surface area contributed by atoms with Gasteiger partial charge in [-0.25, -0.2) is 9.97 Å². The molecule has 1 fully saturated rings. The number of rotatable bonds is 7. The second-order valence-electron chi connectivity index (χ2n) is 5.20. The SMILES string of the molecule is CCCCN(C)c1nc(C)ncc1CNC1CC1. The molecule has 0 aromatic carbocycles.